The van der Waals surface area contributed by atoms with Crippen molar-refractivity contribution in [2.75, 3.05) is 5.73 Å². The molecule has 0 saturated carbocycles. The van der Waals surface area contributed by atoms with Gasteiger partial charge in [-0.1, -0.05) is 103 Å². The number of nitrogens with zero attached hydrogens (tertiary/aromatic N) is 3. The van der Waals surface area contributed by atoms with Crippen LogP contribution in [0.2, 0.25) is 0 Å². The number of hydrogen-bond acceptors (Lipinski definition) is 8. The maximum atomic E-state index is 10.9. The molecule has 8 rings (SSSR count). The third kappa shape index (κ3) is 16.0. The molecule has 0 bridgehead atoms. The van der Waals surface area contributed by atoms with Gasteiger partial charge in [-0.05, 0) is 95.0 Å². The largest absolute Gasteiger partial charge is 0.399 e. The average molecular weight is 1210 g/mol. The van der Waals surface area contributed by atoms with Crippen LogP contribution in [0, 0.1) is 6.92 Å². The Bertz CT molecular complexity index is 2590. The second-order valence-corrected chi connectivity index (χ2v) is 32.8. The van der Waals surface area contributed by atoms with Gasteiger partial charge in [0.2, 0.25) is 0 Å². The van der Waals surface area contributed by atoms with E-state index < -0.39 is 10.1 Å². The molecule has 0 saturated heterocycles. The molecule has 0 fully saturated rings. The first-order chi connectivity index (χ1) is 28.5. The number of carbonyl (C=O) groups excluding carboxylic acids is 1. The van der Waals surface area contributed by atoms with Crippen LogP contribution in [-0.2, 0) is 46.3 Å². The summed E-state index contributed by atoms with van der Waals surface area (Å²) in [4.78, 5) is 25.0. The number of nitrogen functional groups attached to an aromatic ring is 1. The molecule has 319 valence electrons. The van der Waals surface area contributed by atoms with E-state index in [1.54, 1.807) is 12.1 Å². The predicted octanol–water partition coefficient (Wildman–Crippen LogP) is 8.14. The number of carbonyl (C=O) groups is 1. The van der Waals surface area contributed by atoms with Crippen LogP contribution < -0.4 is 19.0 Å². The van der Waals surface area contributed by atoms with Gasteiger partial charge in [-0.15, -0.1) is 0 Å². The second-order valence-electron chi connectivity index (χ2n) is 15.1. The van der Waals surface area contributed by atoms with Crippen LogP contribution in [0.25, 0.3) is 10.9 Å². The van der Waals surface area contributed by atoms with E-state index in [-0.39, 0.29) is 40.1 Å². The Labute approximate surface area is 401 Å². The second kappa shape index (κ2) is 24.4. The van der Waals surface area contributed by atoms with E-state index in [1.165, 1.54) is 23.3 Å². The number of anilines is 1. The van der Waals surface area contributed by atoms with E-state index in [2.05, 4.69) is 97.5 Å². The number of aromatic nitrogens is 1. The zero-order valence-corrected chi connectivity index (χ0v) is 43.1. The molecule has 2 aliphatic heterocycles. The van der Waals surface area contributed by atoms with Gasteiger partial charge >= 0.3 is 50.5 Å². The minimum absolute atomic E-state index is 0. The molecule has 1 radical (unpaired) electrons. The molecular weight excluding hydrogens is 1160 g/mol. The fraction of sp³-hybridized carbons (Fsp3) is 0.191. The molecule has 1 aromatic heterocycles. The van der Waals surface area contributed by atoms with Crippen molar-refractivity contribution in [3.8, 4) is 0 Å². The molecule has 0 amide bonds. The molecule has 3 heterocycles. The number of pyridine rings is 1. The van der Waals surface area contributed by atoms with Gasteiger partial charge in [0.25, 0.3) is 10.1 Å². The fourth-order valence-electron chi connectivity index (χ4n) is 6.50. The minimum Gasteiger partial charge on any atom is -0.399 e. The molecule has 6 aromatic rings. The van der Waals surface area contributed by atoms with Crippen molar-refractivity contribution in [3.05, 3.63) is 185 Å². The summed E-state index contributed by atoms with van der Waals surface area (Å²) in [5.41, 5.74) is 15.5. The van der Waals surface area contributed by atoms with E-state index in [1.807, 2.05) is 99.8 Å². The van der Waals surface area contributed by atoms with Crippen molar-refractivity contribution in [3.63, 3.8) is 0 Å². The first-order valence-corrected chi connectivity index (χ1v) is 32.7. The monoisotopic (exact) mass is 1210 g/mol. The number of halogens is 3. The van der Waals surface area contributed by atoms with E-state index in [0.717, 1.165) is 63.7 Å². The molecule has 4 N–H and O–H groups in total. The number of nitrogens with two attached hydrogens (primary N) is 1. The Kier molecular flexibility index (Phi) is 20.8. The van der Waals surface area contributed by atoms with Gasteiger partial charge in [0.15, 0.2) is 6.29 Å². The molecular formula is C47H48I3N4O5SV-. The standard InChI is InChI=1S/C20H18N2.C14H15NO2.C7H8O3S.C6H7N.I3.V/c1-20(2)12-15-8-3-5-9-17(15)19(22-20)16-11-14-7-4-6-10-18(14)21-13-16;1-14(2)7-10-5-3-4-6-12(10)13(15-14)11(8-16)9-17;1-6-2-4-7(5-3-6)11(8,9)10;7-6-4-2-1-3-5-6;1-3-2;/h3-11,13H,12H2,1-2H3;3-6,8-9,16H,7H2,1-2H3;2-5H,1H3,(H,8,9,10);1-5H,7H2;;/q;;;;-1;. The van der Waals surface area contributed by atoms with E-state index in [0.29, 0.717) is 25.3 Å². The summed E-state index contributed by atoms with van der Waals surface area (Å²) in [6.07, 6.45) is 5.22. The molecule has 9 nitrogen and oxygen atoms in total. The summed E-state index contributed by atoms with van der Waals surface area (Å²) in [6.45, 7) is 10.3. The number of aldehydes is 1. The first kappa shape index (κ1) is 51.9. The fourth-order valence-corrected chi connectivity index (χ4v) is 6.98. The van der Waals surface area contributed by atoms with Crippen LogP contribution >= 0.6 is 37.2 Å². The number of aliphatic hydroxyl groups excluding tert-OH is 1. The molecule has 0 unspecified atom stereocenters. The number of para-hydroxylation sites is 2. The van der Waals surface area contributed by atoms with Crippen LogP contribution in [-0.4, -0.2) is 51.8 Å². The van der Waals surface area contributed by atoms with E-state index in [9.17, 15) is 13.2 Å². The Balaban J connectivity index is 0.000000226. The number of allylic oxidation sites excluding steroid dienone is 1. The van der Waals surface area contributed by atoms with Gasteiger partial charge in [-0.2, -0.15) is 8.42 Å². The van der Waals surface area contributed by atoms with Crippen molar-refractivity contribution in [2.24, 2.45) is 9.98 Å². The summed E-state index contributed by atoms with van der Waals surface area (Å²) in [5, 5.41) is 10.3. The summed E-state index contributed by atoms with van der Waals surface area (Å²) < 4.78 is 29.6. The van der Waals surface area contributed by atoms with Crippen LogP contribution in [0.3, 0.4) is 0 Å². The van der Waals surface area contributed by atoms with Crippen molar-refractivity contribution in [1.82, 2.24) is 4.98 Å². The molecule has 0 spiro atoms. The zero-order valence-electron chi connectivity index (χ0n) is 34.4. The number of fused-ring (bicyclic) bond motifs is 3. The smallest absolute Gasteiger partial charge is 0.0313 e. The third-order valence-corrected chi connectivity index (χ3v) is 10.0. The maximum Gasteiger partial charge on any atom is 0.0313 e. The number of aliphatic hydroxyl groups is 1. The van der Waals surface area contributed by atoms with Gasteiger partial charge < -0.3 is 10.8 Å². The van der Waals surface area contributed by atoms with Crippen LogP contribution in [0.1, 0.15) is 61.1 Å². The Hall–Kier alpha value is -3.46. The van der Waals surface area contributed by atoms with Crippen LogP contribution in [0.4, 0.5) is 5.69 Å². The molecule has 2 aliphatic rings. The van der Waals surface area contributed by atoms with Crippen LogP contribution in [0.5, 0.6) is 0 Å². The maximum absolute atomic E-state index is 10.9. The van der Waals surface area contributed by atoms with E-state index in [4.69, 9.17) is 20.4 Å². The summed E-state index contributed by atoms with van der Waals surface area (Å²) in [7, 11) is -4.02. The number of hydrogen-bond donors (Lipinski definition) is 3. The van der Waals surface area contributed by atoms with Gasteiger partial charge in [-0.3, -0.25) is 24.3 Å². The van der Waals surface area contributed by atoms with Crippen molar-refractivity contribution >= 4 is 81.6 Å². The minimum atomic E-state index is -4.02. The number of aliphatic imine (C=N–C) groups is 2. The average Bonchev–Trinajstić information content (AvgIpc) is 3.21. The topological polar surface area (TPSA) is 155 Å². The Morgan fingerprint density at radius 1 is 0.754 bits per heavy atom. The summed E-state index contributed by atoms with van der Waals surface area (Å²) in [6, 6.07) is 42.3. The predicted molar refractivity (Wildman–Crippen MR) is 259 cm³/mol. The summed E-state index contributed by atoms with van der Waals surface area (Å²) in [5.74, 6) is 0. The van der Waals surface area contributed by atoms with Crippen LogP contribution in [0.15, 0.2) is 166 Å². The molecule has 14 heteroatoms. The van der Waals surface area contributed by atoms with Gasteiger partial charge in [0.05, 0.1) is 44.7 Å². The molecule has 5 aromatic carbocycles. The van der Waals surface area contributed by atoms with E-state index >= 15 is 0 Å². The van der Waals surface area contributed by atoms with Gasteiger partial charge in [0, 0.05) is 52.5 Å². The Morgan fingerprint density at radius 3 is 1.80 bits per heavy atom. The summed E-state index contributed by atoms with van der Waals surface area (Å²) >= 11 is 5.30. The van der Waals surface area contributed by atoms with Crippen molar-refractivity contribution < 1.29 is 54.7 Å². The third-order valence-electron chi connectivity index (χ3n) is 9.14. The molecule has 61 heavy (non-hydrogen) atoms. The number of benzene rings is 5. The zero-order chi connectivity index (χ0) is 43.9. The van der Waals surface area contributed by atoms with Crippen molar-refractivity contribution in [2.45, 2.75) is 63.4 Å². The van der Waals surface area contributed by atoms with Crippen molar-refractivity contribution in [1.29, 1.82) is 0 Å². The molecule has 0 aliphatic carbocycles. The number of aryl methyl sites for hydroxylation is 1. The van der Waals surface area contributed by atoms with Gasteiger partial charge in [-0.25, -0.2) is 0 Å². The number of rotatable bonds is 4. The normalized spacial score (nSPS) is 14.3. The van der Waals surface area contributed by atoms with Gasteiger partial charge in [0.1, 0.15) is 0 Å². The quantitative estimate of drug-likeness (QED) is 0.0402. The SMILES string of the molecule is CC1(C)Cc2ccccc2C(C(C=O)=CO)=N1.CC1(C)Cc2ccccc2C(c2cnc3ccccc3c2)=N1.Cc1ccc(S(=O)(=O)O)cc1.I[I-]I.Nc1ccccc1.[V]. The molecule has 0 atom stereocenters. The Morgan fingerprint density at radius 2 is 1.26 bits per heavy atom. The first-order valence-electron chi connectivity index (χ1n) is 18.7.